The first-order valence-corrected chi connectivity index (χ1v) is 10.5. The smallest absolute Gasteiger partial charge is 0.275 e. The van der Waals surface area contributed by atoms with Gasteiger partial charge in [0.25, 0.3) is 11.8 Å². The van der Waals surface area contributed by atoms with Crippen molar-refractivity contribution in [2.75, 3.05) is 25.1 Å². The molecule has 9 nitrogen and oxygen atoms in total. The molecule has 1 aromatic heterocycles. The van der Waals surface area contributed by atoms with Gasteiger partial charge in [0.1, 0.15) is 23.6 Å². The molecule has 4 rings (SSSR count). The molecule has 0 radical (unpaired) electrons. The summed E-state index contributed by atoms with van der Waals surface area (Å²) in [5.41, 5.74) is 2.12. The molecule has 2 aliphatic rings. The molecule has 0 aliphatic carbocycles. The van der Waals surface area contributed by atoms with Gasteiger partial charge in [-0.25, -0.2) is 4.68 Å². The van der Waals surface area contributed by atoms with E-state index in [1.165, 1.54) is 14.5 Å². The van der Waals surface area contributed by atoms with Gasteiger partial charge < -0.3 is 14.5 Å². The van der Waals surface area contributed by atoms with Gasteiger partial charge in [0.2, 0.25) is 0 Å². The zero-order valence-electron chi connectivity index (χ0n) is 17.9. The molecule has 10 heteroatoms. The van der Waals surface area contributed by atoms with E-state index in [2.05, 4.69) is 21.8 Å². The van der Waals surface area contributed by atoms with Gasteiger partial charge in [-0.15, -0.1) is 0 Å². The van der Waals surface area contributed by atoms with Crippen molar-refractivity contribution < 1.29 is 14.3 Å². The summed E-state index contributed by atoms with van der Waals surface area (Å²) in [5.74, 6) is 0.0435. The minimum absolute atomic E-state index is 0.0675. The van der Waals surface area contributed by atoms with Gasteiger partial charge >= 0.3 is 0 Å². The molecule has 0 bridgehead atoms. The molecule has 2 aromatic rings. The van der Waals surface area contributed by atoms with E-state index in [1.54, 1.807) is 32.5 Å². The van der Waals surface area contributed by atoms with Crippen molar-refractivity contribution in [3.63, 3.8) is 0 Å². The van der Waals surface area contributed by atoms with Crippen LogP contribution in [0.5, 0.6) is 5.75 Å². The molecule has 0 fully saturated rings. The molecule has 32 heavy (non-hydrogen) atoms. The molecule has 0 saturated heterocycles. The van der Waals surface area contributed by atoms with E-state index in [-0.39, 0.29) is 30.7 Å². The number of nitrogens with zero attached hydrogens (tertiary/aromatic N) is 6. The zero-order chi connectivity index (χ0) is 22.8. The van der Waals surface area contributed by atoms with Gasteiger partial charge in [0.15, 0.2) is 5.69 Å². The molecule has 1 aromatic carbocycles. The summed E-state index contributed by atoms with van der Waals surface area (Å²) in [6.45, 7) is 5.96. The van der Waals surface area contributed by atoms with E-state index in [1.807, 2.05) is 18.2 Å². The van der Waals surface area contributed by atoms with Crippen LogP contribution in [0.25, 0.3) is 0 Å². The highest BCUT2D eigenvalue weighted by atomic mass is 35.5. The molecule has 1 atom stereocenters. The number of aromatic nitrogens is 2. The number of amides is 2. The third-order valence-corrected chi connectivity index (χ3v) is 5.97. The Morgan fingerprint density at radius 1 is 1.38 bits per heavy atom. The number of rotatable bonds is 5. The van der Waals surface area contributed by atoms with Gasteiger partial charge in [-0.1, -0.05) is 23.7 Å². The quantitative estimate of drug-likeness (QED) is 0.649. The Hall–Kier alpha value is -3.46. The maximum Gasteiger partial charge on any atom is 0.275 e. The predicted molar refractivity (Wildman–Crippen MR) is 123 cm³/mol. The third kappa shape index (κ3) is 3.80. The standard InChI is InChI=1S/C22H23ClN6O3/c1-4-25-11-14(24-2)12-29-20(23)15-9-10-28(22(31)19(15)26-29)17-13-32-18-8-6-5-7-16(18)27(3)21(17)30/h4-8,11,17H,2,9-10,12-13H2,1,3H3/b14-11-,25-4-/t17-/m0/s1. The number of allylic oxidation sites excluding steroid dienone is 1. The van der Waals surface area contributed by atoms with Crippen molar-refractivity contribution in [3.05, 3.63) is 52.6 Å². The number of hydrogen-bond donors (Lipinski definition) is 0. The van der Waals surface area contributed by atoms with Crippen LogP contribution in [-0.2, 0) is 17.8 Å². The average Bonchev–Trinajstić information content (AvgIpc) is 3.06. The van der Waals surface area contributed by atoms with Gasteiger partial charge in [0.05, 0.1) is 17.9 Å². The first-order chi connectivity index (χ1) is 15.5. The molecule has 2 aliphatic heterocycles. The average molecular weight is 455 g/mol. The van der Waals surface area contributed by atoms with E-state index in [0.29, 0.717) is 40.8 Å². The molecular formula is C22H23ClN6O3. The highest BCUT2D eigenvalue weighted by Crippen LogP contribution is 2.33. The number of fused-ring (bicyclic) bond motifs is 2. The molecule has 3 heterocycles. The van der Waals surface area contributed by atoms with Gasteiger partial charge in [-0.2, -0.15) is 5.10 Å². The van der Waals surface area contributed by atoms with Crippen molar-refractivity contribution in [3.8, 4) is 5.75 Å². The number of halogens is 1. The lowest BCUT2D eigenvalue weighted by atomic mass is 10.0. The maximum absolute atomic E-state index is 13.3. The Kier molecular flexibility index (Phi) is 6.09. The Bertz CT molecular complexity index is 1140. The van der Waals surface area contributed by atoms with Gasteiger partial charge in [-0.05, 0) is 32.2 Å². The summed E-state index contributed by atoms with van der Waals surface area (Å²) in [5, 5.41) is 4.80. The van der Waals surface area contributed by atoms with Crippen LogP contribution in [0.15, 0.2) is 46.1 Å². The van der Waals surface area contributed by atoms with Gasteiger partial charge in [0, 0.05) is 31.6 Å². The number of anilines is 1. The van der Waals surface area contributed by atoms with Crippen molar-refractivity contribution >= 4 is 42.0 Å². The normalized spacial score (nSPS) is 19.0. The van der Waals surface area contributed by atoms with Crippen molar-refractivity contribution in [2.45, 2.75) is 25.9 Å². The largest absolute Gasteiger partial charge is 0.489 e. The maximum atomic E-state index is 13.3. The highest BCUT2D eigenvalue weighted by molar-refractivity contribution is 6.31. The molecule has 166 valence electrons. The fourth-order valence-corrected chi connectivity index (χ4v) is 4.13. The summed E-state index contributed by atoms with van der Waals surface area (Å²) in [7, 11) is 1.68. The highest BCUT2D eigenvalue weighted by Gasteiger charge is 2.40. The van der Waals surface area contributed by atoms with Crippen LogP contribution in [0, 0.1) is 0 Å². The van der Waals surface area contributed by atoms with Gasteiger partial charge in [-0.3, -0.25) is 19.6 Å². The topological polar surface area (TPSA) is 92.4 Å². The van der Waals surface area contributed by atoms with Crippen LogP contribution < -0.4 is 9.64 Å². The van der Waals surface area contributed by atoms with Crippen LogP contribution in [-0.4, -0.2) is 65.7 Å². The summed E-state index contributed by atoms with van der Waals surface area (Å²) >= 11 is 6.52. The molecule has 0 spiro atoms. The minimum Gasteiger partial charge on any atom is -0.489 e. The number of benzene rings is 1. The Labute approximate surface area is 190 Å². The summed E-state index contributed by atoms with van der Waals surface area (Å²) in [6, 6.07) is 6.54. The van der Waals surface area contributed by atoms with Crippen LogP contribution in [0.3, 0.4) is 0 Å². The van der Waals surface area contributed by atoms with E-state index < -0.39 is 6.04 Å². The monoisotopic (exact) mass is 454 g/mol. The Balaban J connectivity index is 1.60. The van der Waals surface area contributed by atoms with E-state index in [9.17, 15) is 9.59 Å². The molecular weight excluding hydrogens is 432 g/mol. The fraction of sp³-hybridized carbons (Fsp3) is 0.318. The van der Waals surface area contributed by atoms with Crippen molar-refractivity contribution in [2.24, 2.45) is 9.98 Å². The van der Waals surface area contributed by atoms with E-state index in [4.69, 9.17) is 16.3 Å². The molecule has 0 saturated carbocycles. The predicted octanol–water partition coefficient (Wildman–Crippen LogP) is 2.59. The number of para-hydroxylation sites is 2. The lowest BCUT2D eigenvalue weighted by molar-refractivity contribution is -0.123. The Morgan fingerprint density at radius 3 is 2.91 bits per heavy atom. The Morgan fingerprint density at radius 2 is 2.16 bits per heavy atom. The summed E-state index contributed by atoms with van der Waals surface area (Å²) < 4.78 is 7.38. The van der Waals surface area contributed by atoms with Crippen LogP contribution >= 0.6 is 11.6 Å². The number of carbonyl (C=O) groups is 2. The summed E-state index contributed by atoms with van der Waals surface area (Å²) in [6.07, 6.45) is 3.67. The number of likely N-dealkylation sites (N-methyl/N-ethyl adjacent to an activating group) is 1. The molecule has 0 unspecified atom stereocenters. The zero-order valence-corrected chi connectivity index (χ0v) is 18.6. The second-order valence-electron chi connectivity index (χ2n) is 7.40. The SMILES string of the molecule is C=N/C(=C\N=C/C)Cn1nc2c(c1Cl)CCN([C@H]1COc3ccccc3N(C)C1=O)C2=O. The second-order valence-corrected chi connectivity index (χ2v) is 7.76. The molecule has 2 amide bonds. The number of ether oxygens (including phenoxy) is 1. The lowest BCUT2D eigenvalue weighted by Crippen LogP contribution is -2.54. The van der Waals surface area contributed by atoms with Crippen LogP contribution in [0.2, 0.25) is 5.15 Å². The minimum atomic E-state index is -0.763. The number of carbonyl (C=O) groups excluding carboxylic acids is 2. The van der Waals surface area contributed by atoms with Crippen molar-refractivity contribution in [1.82, 2.24) is 14.7 Å². The fourth-order valence-electron chi connectivity index (χ4n) is 3.85. The van der Waals surface area contributed by atoms with Crippen LogP contribution in [0.4, 0.5) is 5.69 Å². The van der Waals surface area contributed by atoms with E-state index in [0.717, 1.165) is 0 Å². The molecule has 0 N–H and O–H groups in total. The van der Waals surface area contributed by atoms with E-state index >= 15 is 0 Å². The first kappa shape index (κ1) is 21.8. The number of hydrogen-bond acceptors (Lipinski definition) is 6. The first-order valence-electron chi connectivity index (χ1n) is 10.1. The van der Waals surface area contributed by atoms with Crippen molar-refractivity contribution in [1.29, 1.82) is 0 Å². The van der Waals surface area contributed by atoms with Crippen LogP contribution in [0.1, 0.15) is 23.0 Å². The summed E-state index contributed by atoms with van der Waals surface area (Å²) in [4.78, 5) is 37.6. The number of aliphatic imine (C=N–C) groups is 2. The lowest BCUT2D eigenvalue weighted by Gasteiger charge is -2.33. The third-order valence-electron chi connectivity index (χ3n) is 5.55. The second kappa shape index (κ2) is 8.96.